The van der Waals surface area contributed by atoms with Gasteiger partial charge in [-0.1, -0.05) is 60.1 Å². The lowest BCUT2D eigenvalue weighted by Crippen LogP contribution is -2.21. The van der Waals surface area contributed by atoms with Gasteiger partial charge in [-0.3, -0.25) is 0 Å². The van der Waals surface area contributed by atoms with Crippen molar-refractivity contribution in [2.24, 2.45) is 5.73 Å². The van der Waals surface area contributed by atoms with Crippen LogP contribution in [-0.2, 0) is 0 Å². The van der Waals surface area contributed by atoms with Crippen LogP contribution in [0.5, 0.6) is 23.0 Å². The van der Waals surface area contributed by atoms with Crippen LogP contribution in [0.25, 0.3) is 0 Å². The lowest BCUT2D eigenvalue weighted by Gasteiger charge is -2.27. The molecule has 2 N–H and O–H groups in total. The zero-order valence-corrected chi connectivity index (χ0v) is 19.6. The molecule has 0 fully saturated rings. The number of hydrogen-bond donors (Lipinski definition) is 1. The van der Waals surface area contributed by atoms with E-state index >= 15 is 0 Å². The number of esters is 1. The number of halogens is 1. The molecule has 4 aromatic rings. The molecule has 0 saturated carbocycles. The van der Waals surface area contributed by atoms with Crippen molar-refractivity contribution in [2.45, 2.75) is 5.92 Å². The molecule has 5 rings (SSSR count). The van der Waals surface area contributed by atoms with Gasteiger partial charge in [-0.15, -0.1) is 0 Å². The molecule has 6 nitrogen and oxygen atoms in total. The molecule has 0 amide bonds. The maximum Gasteiger partial charge on any atom is 0.345 e. The monoisotopic (exact) mass is 494 g/mol. The normalized spacial score (nSPS) is 14.3. The number of hydrogen-bond acceptors (Lipinski definition) is 6. The molecule has 1 aliphatic rings. The van der Waals surface area contributed by atoms with E-state index in [9.17, 15) is 10.1 Å². The van der Waals surface area contributed by atoms with Gasteiger partial charge in [0.1, 0.15) is 34.6 Å². The Morgan fingerprint density at radius 1 is 0.889 bits per heavy atom. The Kier molecular flexibility index (Phi) is 6.31. The molecule has 0 bridgehead atoms. The molecule has 176 valence electrons. The van der Waals surface area contributed by atoms with Crippen molar-refractivity contribution >= 4 is 17.6 Å². The highest BCUT2D eigenvalue weighted by Gasteiger charge is 2.31. The van der Waals surface area contributed by atoms with E-state index in [4.69, 9.17) is 31.5 Å². The molecular weight excluding hydrogens is 476 g/mol. The summed E-state index contributed by atoms with van der Waals surface area (Å²) in [5.41, 5.74) is 8.16. The Hall–Kier alpha value is -4.73. The standard InChI is InChI=1S/C29H19ClN2O4/c30-25-12-5-4-11-22(25)29(33)35-21-13-14-23-26(16-21)36-28(32)24(17-31)27(23)18-7-6-10-20(15-18)34-19-8-2-1-3-9-19/h1-16,27H,32H2. The largest absolute Gasteiger partial charge is 0.457 e. The van der Waals surface area contributed by atoms with Crippen LogP contribution in [0.15, 0.2) is 109 Å². The van der Waals surface area contributed by atoms with Crippen molar-refractivity contribution in [3.05, 3.63) is 130 Å². The Labute approximate surface area is 212 Å². The number of carbonyl (C=O) groups excluding carboxylic acids is 1. The summed E-state index contributed by atoms with van der Waals surface area (Å²) in [6.45, 7) is 0. The molecule has 0 saturated heterocycles. The van der Waals surface area contributed by atoms with Gasteiger partial charge in [0.05, 0.1) is 16.5 Å². The third kappa shape index (κ3) is 4.61. The quantitative estimate of drug-likeness (QED) is 0.249. The number of nitrogens with zero attached hydrogens (tertiary/aromatic N) is 1. The van der Waals surface area contributed by atoms with Crippen molar-refractivity contribution in [2.75, 3.05) is 0 Å². The Balaban J connectivity index is 1.48. The van der Waals surface area contributed by atoms with Crippen LogP contribution >= 0.6 is 11.6 Å². The number of carbonyl (C=O) groups is 1. The number of fused-ring (bicyclic) bond motifs is 1. The number of allylic oxidation sites excluding steroid dienone is 1. The van der Waals surface area contributed by atoms with Gasteiger partial charge in [-0.25, -0.2) is 4.79 Å². The predicted molar refractivity (Wildman–Crippen MR) is 135 cm³/mol. The molecule has 0 spiro atoms. The molecule has 4 aromatic carbocycles. The summed E-state index contributed by atoms with van der Waals surface area (Å²) >= 11 is 6.11. The molecule has 0 radical (unpaired) electrons. The second-order valence-corrected chi connectivity index (χ2v) is 8.39. The van der Waals surface area contributed by atoms with Crippen LogP contribution < -0.4 is 19.9 Å². The van der Waals surface area contributed by atoms with E-state index in [1.165, 1.54) is 0 Å². The van der Waals surface area contributed by atoms with Crippen LogP contribution in [0.4, 0.5) is 0 Å². The Morgan fingerprint density at radius 3 is 2.42 bits per heavy atom. The van der Waals surface area contributed by atoms with Gasteiger partial charge in [-0.2, -0.15) is 5.26 Å². The highest BCUT2D eigenvalue weighted by molar-refractivity contribution is 6.33. The van der Waals surface area contributed by atoms with Gasteiger partial charge < -0.3 is 19.9 Å². The third-order valence-corrected chi connectivity index (χ3v) is 5.99. The molecular formula is C29H19ClN2O4. The average Bonchev–Trinajstić information content (AvgIpc) is 2.89. The van der Waals surface area contributed by atoms with Gasteiger partial charge in [0.25, 0.3) is 0 Å². The SMILES string of the molecule is N#CC1=C(N)Oc2cc(OC(=O)c3ccccc3Cl)ccc2C1c1cccc(Oc2ccccc2)c1. The van der Waals surface area contributed by atoms with Gasteiger partial charge >= 0.3 is 5.97 Å². The summed E-state index contributed by atoms with van der Waals surface area (Å²) in [4.78, 5) is 12.6. The predicted octanol–water partition coefficient (Wildman–Crippen LogP) is 6.57. The van der Waals surface area contributed by atoms with Crippen LogP contribution in [0.1, 0.15) is 27.4 Å². The Bertz CT molecular complexity index is 1530. The summed E-state index contributed by atoms with van der Waals surface area (Å²) in [6, 6.07) is 30.6. The zero-order valence-electron chi connectivity index (χ0n) is 18.9. The van der Waals surface area contributed by atoms with Gasteiger partial charge in [0.2, 0.25) is 5.88 Å². The van der Waals surface area contributed by atoms with Crippen molar-refractivity contribution in [1.29, 1.82) is 5.26 Å². The smallest absolute Gasteiger partial charge is 0.345 e. The average molecular weight is 495 g/mol. The highest BCUT2D eigenvalue weighted by atomic mass is 35.5. The summed E-state index contributed by atoms with van der Waals surface area (Å²) in [6.07, 6.45) is 0. The van der Waals surface area contributed by atoms with Crippen LogP contribution in [-0.4, -0.2) is 5.97 Å². The fourth-order valence-electron chi connectivity index (χ4n) is 4.01. The van der Waals surface area contributed by atoms with E-state index in [1.807, 2.05) is 54.6 Å². The molecule has 0 aliphatic carbocycles. The first-order valence-electron chi connectivity index (χ1n) is 11.0. The summed E-state index contributed by atoms with van der Waals surface area (Å²) < 4.78 is 17.2. The van der Waals surface area contributed by atoms with Gasteiger partial charge in [0.15, 0.2) is 0 Å². The minimum absolute atomic E-state index is 0.0149. The number of nitriles is 1. The van der Waals surface area contributed by atoms with Gasteiger partial charge in [-0.05, 0) is 48.0 Å². The maximum absolute atomic E-state index is 12.6. The number of rotatable bonds is 5. The first kappa shape index (κ1) is 23.0. The minimum Gasteiger partial charge on any atom is -0.457 e. The van der Waals surface area contributed by atoms with Crippen LogP contribution in [0.2, 0.25) is 5.02 Å². The molecule has 1 unspecified atom stereocenters. The van der Waals surface area contributed by atoms with Crippen LogP contribution in [0.3, 0.4) is 0 Å². The third-order valence-electron chi connectivity index (χ3n) is 5.67. The maximum atomic E-state index is 12.6. The molecule has 1 aliphatic heterocycles. The fourth-order valence-corrected chi connectivity index (χ4v) is 4.23. The summed E-state index contributed by atoms with van der Waals surface area (Å²) in [5.74, 6) is 0.850. The lowest BCUT2D eigenvalue weighted by molar-refractivity contribution is 0.0734. The van der Waals surface area contributed by atoms with E-state index in [1.54, 1.807) is 42.5 Å². The molecule has 1 heterocycles. The zero-order chi connectivity index (χ0) is 25.1. The number of ether oxygens (including phenoxy) is 3. The van der Waals surface area contributed by atoms with E-state index < -0.39 is 11.9 Å². The second-order valence-electron chi connectivity index (χ2n) is 7.98. The number of nitrogens with two attached hydrogens (primary N) is 1. The van der Waals surface area contributed by atoms with Crippen molar-refractivity contribution in [1.82, 2.24) is 0 Å². The van der Waals surface area contributed by atoms with E-state index in [0.717, 1.165) is 5.56 Å². The second kappa shape index (κ2) is 9.87. The van der Waals surface area contributed by atoms with E-state index in [2.05, 4.69) is 6.07 Å². The lowest BCUT2D eigenvalue weighted by atomic mass is 9.83. The van der Waals surface area contributed by atoms with Crippen molar-refractivity contribution in [3.63, 3.8) is 0 Å². The Morgan fingerprint density at radius 2 is 1.64 bits per heavy atom. The molecule has 7 heteroatoms. The van der Waals surface area contributed by atoms with Crippen molar-refractivity contribution in [3.8, 4) is 29.1 Å². The first-order valence-corrected chi connectivity index (χ1v) is 11.4. The van der Waals surface area contributed by atoms with E-state index in [0.29, 0.717) is 27.8 Å². The number of benzene rings is 4. The van der Waals surface area contributed by atoms with Gasteiger partial charge in [0, 0.05) is 11.6 Å². The minimum atomic E-state index is -0.597. The van der Waals surface area contributed by atoms with E-state index in [-0.39, 0.29) is 22.8 Å². The summed E-state index contributed by atoms with van der Waals surface area (Å²) in [5, 5.41) is 10.2. The fraction of sp³-hybridized carbons (Fsp3) is 0.0345. The summed E-state index contributed by atoms with van der Waals surface area (Å²) in [7, 11) is 0. The molecule has 0 aromatic heterocycles. The van der Waals surface area contributed by atoms with Crippen LogP contribution in [0, 0.1) is 11.3 Å². The number of para-hydroxylation sites is 1. The topological polar surface area (TPSA) is 94.6 Å². The highest BCUT2D eigenvalue weighted by Crippen LogP contribution is 2.44. The first-order chi connectivity index (χ1) is 17.5. The molecule has 36 heavy (non-hydrogen) atoms. The van der Waals surface area contributed by atoms with Crippen molar-refractivity contribution < 1.29 is 19.0 Å². The molecule has 1 atom stereocenters.